The summed E-state index contributed by atoms with van der Waals surface area (Å²) in [6, 6.07) is 8.02. The molecule has 5 atom stereocenters. The topological polar surface area (TPSA) is 61.2 Å². The number of rotatable bonds is 7. The summed E-state index contributed by atoms with van der Waals surface area (Å²) in [7, 11) is 1.99. The third-order valence-electron chi connectivity index (χ3n) is 8.17. The van der Waals surface area contributed by atoms with Crippen LogP contribution in [0.4, 0.5) is 0 Å². The monoisotopic (exact) mass is 424 g/mol. The fraction of sp³-hybridized carbons (Fsp3) is 0.654. The van der Waals surface area contributed by atoms with Gasteiger partial charge in [0.1, 0.15) is 5.78 Å². The molecule has 2 aromatic rings. The molecule has 0 amide bonds. The molecule has 5 heteroatoms. The second-order valence-corrected chi connectivity index (χ2v) is 10.1. The number of aryl methyl sites for hydroxylation is 1. The van der Waals surface area contributed by atoms with Crippen molar-refractivity contribution in [3.05, 3.63) is 30.1 Å². The molecule has 2 fully saturated rings. The minimum Gasteiger partial charge on any atom is -0.454 e. The maximum atomic E-state index is 12.5. The van der Waals surface area contributed by atoms with E-state index in [9.17, 15) is 9.59 Å². The molecule has 0 aliphatic heterocycles. The van der Waals surface area contributed by atoms with Gasteiger partial charge in [0.25, 0.3) is 0 Å². The van der Waals surface area contributed by atoms with E-state index in [1.54, 1.807) is 0 Å². The number of hydrogen-bond acceptors (Lipinski definition) is 4. The summed E-state index contributed by atoms with van der Waals surface area (Å²) in [4.78, 5) is 29.0. The van der Waals surface area contributed by atoms with Crippen molar-refractivity contribution in [3.8, 4) is 0 Å². The van der Waals surface area contributed by atoms with E-state index in [0.717, 1.165) is 55.4 Å². The highest BCUT2D eigenvalue weighted by Crippen LogP contribution is 2.57. The van der Waals surface area contributed by atoms with Gasteiger partial charge in [-0.2, -0.15) is 0 Å². The molecule has 0 saturated heterocycles. The molecule has 1 aromatic heterocycles. The van der Waals surface area contributed by atoms with E-state index < -0.39 is 0 Å². The third kappa shape index (κ3) is 4.16. The van der Waals surface area contributed by atoms with E-state index in [1.807, 2.05) is 35.9 Å². The van der Waals surface area contributed by atoms with Gasteiger partial charge in [-0.3, -0.25) is 9.59 Å². The number of esters is 1. The highest BCUT2D eigenvalue weighted by molar-refractivity contribution is 5.83. The van der Waals surface area contributed by atoms with Crippen LogP contribution in [-0.2, 0) is 21.4 Å². The summed E-state index contributed by atoms with van der Waals surface area (Å²) in [6.07, 6.45) is 7.77. The third-order valence-corrected chi connectivity index (χ3v) is 8.17. The summed E-state index contributed by atoms with van der Waals surface area (Å²) < 4.78 is 7.75. The van der Waals surface area contributed by atoms with Gasteiger partial charge in [-0.1, -0.05) is 32.4 Å². The van der Waals surface area contributed by atoms with Crippen LogP contribution in [0.1, 0.15) is 84.1 Å². The maximum Gasteiger partial charge on any atom is 0.303 e. The standard InChI is InChI=1S/C26H36N2O3/c1-17(19-14-15-20-23(30)12-8-16-26(19,20)3)9-7-13-24(31-18(2)29)25-27-21-10-5-6-11-22(21)28(25)4/h5-6,10-11,17,19-20,24H,7-9,12-16H2,1-4H3. The fourth-order valence-electron chi connectivity index (χ4n) is 6.62. The molecule has 0 radical (unpaired) electrons. The molecular formula is C26H36N2O3. The molecular weight excluding hydrogens is 388 g/mol. The minimum absolute atomic E-state index is 0.182. The van der Waals surface area contributed by atoms with E-state index >= 15 is 0 Å². The zero-order valence-corrected chi connectivity index (χ0v) is 19.4. The fourth-order valence-corrected chi connectivity index (χ4v) is 6.62. The molecule has 4 rings (SSSR count). The Balaban J connectivity index is 1.43. The van der Waals surface area contributed by atoms with Crippen molar-refractivity contribution in [1.29, 1.82) is 0 Å². The molecule has 0 bridgehead atoms. The Morgan fingerprint density at radius 1 is 1.29 bits per heavy atom. The van der Waals surface area contributed by atoms with Gasteiger partial charge in [0.15, 0.2) is 11.9 Å². The number of hydrogen-bond donors (Lipinski definition) is 0. The first-order valence-corrected chi connectivity index (χ1v) is 11.9. The van der Waals surface area contributed by atoms with Gasteiger partial charge in [0.05, 0.1) is 11.0 Å². The molecule has 1 heterocycles. The zero-order valence-electron chi connectivity index (χ0n) is 19.4. The van der Waals surface area contributed by atoms with Crippen LogP contribution >= 0.6 is 0 Å². The lowest BCUT2D eigenvalue weighted by Gasteiger charge is -2.42. The molecule has 31 heavy (non-hydrogen) atoms. The molecule has 1 aromatic carbocycles. The van der Waals surface area contributed by atoms with Crippen LogP contribution in [0.5, 0.6) is 0 Å². The number of carbonyl (C=O) groups is 2. The summed E-state index contributed by atoms with van der Waals surface area (Å²) in [6.45, 7) is 6.19. The predicted octanol–water partition coefficient (Wildman–Crippen LogP) is 5.77. The van der Waals surface area contributed by atoms with Crippen LogP contribution < -0.4 is 0 Å². The molecule has 2 aliphatic carbocycles. The Bertz CT molecular complexity index is 965. The van der Waals surface area contributed by atoms with Crippen molar-refractivity contribution in [2.75, 3.05) is 0 Å². The van der Waals surface area contributed by atoms with Crippen molar-refractivity contribution < 1.29 is 14.3 Å². The smallest absolute Gasteiger partial charge is 0.303 e. The second kappa shape index (κ2) is 8.76. The Morgan fingerprint density at radius 3 is 2.81 bits per heavy atom. The molecule has 0 spiro atoms. The molecule has 2 aliphatic rings. The SMILES string of the molecule is CC(=O)OC(CCCC(C)C1CCC2C(=O)CCCC21C)c1nc2ccccc2n1C. The van der Waals surface area contributed by atoms with Crippen molar-refractivity contribution in [2.45, 2.75) is 78.2 Å². The van der Waals surface area contributed by atoms with E-state index in [1.165, 1.54) is 19.8 Å². The number of ketones is 1. The molecule has 168 valence electrons. The molecule has 2 saturated carbocycles. The van der Waals surface area contributed by atoms with Gasteiger partial charge in [0, 0.05) is 26.3 Å². The minimum atomic E-state index is -0.328. The average molecular weight is 425 g/mol. The van der Waals surface area contributed by atoms with Crippen LogP contribution in [0.3, 0.4) is 0 Å². The Morgan fingerprint density at radius 2 is 2.06 bits per heavy atom. The van der Waals surface area contributed by atoms with Crippen LogP contribution in [0.15, 0.2) is 24.3 Å². The summed E-state index contributed by atoms with van der Waals surface area (Å²) in [5.74, 6) is 2.51. The lowest BCUT2D eigenvalue weighted by Crippen LogP contribution is -2.39. The maximum absolute atomic E-state index is 12.5. The Labute approximate surface area is 185 Å². The van der Waals surface area contributed by atoms with Crippen LogP contribution in [0.2, 0.25) is 0 Å². The van der Waals surface area contributed by atoms with Gasteiger partial charge in [-0.15, -0.1) is 0 Å². The highest BCUT2D eigenvalue weighted by Gasteiger charge is 2.52. The first-order chi connectivity index (χ1) is 14.8. The van der Waals surface area contributed by atoms with Crippen molar-refractivity contribution in [3.63, 3.8) is 0 Å². The van der Waals surface area contributed by atoms with Gasteiger partial charge < -0.3 is 9.30 Å². The predicted molar refractivity (Wildman–Crippen MR) is 121 cm³/mol. The average Bonchev–Trinajstić information content (AvgIpc) is 3.25. The number of Topliss-reactive ketones (excluding diaryl/α,β-unsaturated/α-hetero) is 1. The summed E-state index contributed by atoms with van der Waals surface area (Å²) in [5, 5.41) is 0. The molecule has 5 unspecified atom stereocenters. The van der Waals surface area contributed by atoms with Gasteiger partial charge >= 0.3 is 5.97 Å². The summed E-state index contributed by atoms with van der Waals surface area (Å²) >= 11 is 0. The molecule has 5 nitrogen and oxygen atoms in total. The number of imidazole rings is 1. The number of para-hydroxylation sites is 2. The van der Waals surface area contributed by atoms with E-state index in [0.29, 0.717) is 17.6 Å². The number of aromatic nitrogens is 2. The van der Waals surface area contributed by atoms with Crippen LogP contribution in [-0.4, -0.2) is 21.3 Å². The normalized spacial score (nSPS) is 27.8. The molecule has 0 N–H and O–H groups in total. The first-order valence-electron chi connectivity index (χ1n) is 11.9. The number of nitrogens with zero attached hydrogens (tertiary/aromatic N) is 2. The summed E-state index contributed by atoms with van der Waals surface area (Å²) in [5.41, 5.74) is 2.16. The number of carbonyl (C=O) groups excluding carboxylic acids is 2. The van der Waals surface area contributed by atoms with Gasteiger partial charge in [0.2, 0.25) is 0 Å². The number of ether oxygens (including phenoxy) is 1. The van der Waals surface area contributed by atoms with Crippen LogP contribution in [0.25, 0.3) is 11.0 Å². The van der Waals surface area contributed by atoms with Crippen LogP contribution in [0, 0.1) is 23.2 Å². The van der Waals surface area contributed by atoms with E-state index in [4.69, 9.17) is 9.72 Å². The van der Waals surface area contributed by atoms with Crippen molar-refractivity contribution in [1.82, 2.24) is 9.55 Å². The van der Waals surface area contributed by atoms with Crippen molar-refractivity contribution in [2.24, 2.45) is 30.2 Å². The Kier molecular flexibility index (Phi) is 6.23. The Hall–Kier alpha value is -2.17. The number of benzene rings is 1. The van der Waals surface area contributed by atoms with Gasteiger partial charge in [-0.25, -0.2) is 4.98 Å². The second-order valence-electron chi connectivity index (χ2n) is 10.1. The first kappa shape index (κ1) is 22.0. The van der Waals surface area contributed by atoms with E-state index in [-0.39, 0.29) is 23.4 Å². The largest absolute Gasteiger partial charge is 0.454 e. The quantitative estimate of drug-likeness (QED) is 0.529. The van der Waals surface area contributed by atoms with Crippen molar-refractivity contribution >= 4 is 22.8 Å². The highest BCUT2D eigenvalue weighted by atomic mass is 16.5. The number of fused-ring (bicyclic) bond motifs is 2. The zero-order chi connectivity index (χ0) is 22.2. The van der Waals surface area contributed by atoms with Gasteiger partial charge in [-0.05, 0) is 67.9 Å². The van der Waals surface area contributed by atoms with E-state index in [2.05, 4.69) is 13.8 Å². The lowest BCUT2D eigenvalue weighted by molar-refractivity contribution is -0.147. The lowest BCUT2D eigenvalue weighted by atomic mass is 9.62.